The molecule has 1 aromatic carbocycles. The summed E-state index contributed by atoms with van der Waals surface area (Å²) in [6.45, 7) is 4.09. The van der Waals surface area contributed by atoms with E-state index >= 15 is 0 Å². The summed E-state index contributed by atoms with van der Waals surface area (Å²) in [5, 5.41) is 3.83. The number of nitrogens with zero attached hydrogens (tertiary/aromatic N) is 1. The van der Waals surface area contributed by atoms with E-state index in [0.29, 0.717) is 25.6 Å². The van der Waals surface area contributed by atoms with Crippen LogP contribution in [0.4, 0.5) is 4.79 Å². The van der Waals surface area contributed by atoms with E-state index in [1.54, 1.807) is 4.90 Å². The zero-order valence-electron chi connectivity index (χ0n) is 11.5. The van der Waals surface area contributed by atoms with Crippen LogP contribution in [0.2, 0.25) is 5.02 Å². The Balaban J connectivity index is 1.46. The van der Waals surface area contributed by atoms with Crippen LogP contribution in [-0.4, -0.2) is 42.8 Å². The van der Waals surface area contributed by atoms with Crippen LogP contribution in [0.5, 0.6) is 0 Å². The Morgan fingerprint density at radius 3 is 3.00 bits per heavy atom. The Bertz CT molecular complexity index is 502. The number of urea groups is 1. The quantitative estimate of drug-likeness (QED) is 0.927. The van der Waals surface area contributed by atoms with E-state index in [1.165, 1.54) is 5.56 Å². The largest absolute Gasteiger partial charge is 0.375 e. The van der Waals surface area contributed by atoms with Gasteiger partial charge in [-0.25, -0.2) is 4.79 Å². The second kappa shape index (κ2) is 5.62. The van der Waals surface area contributed by atoms with Gasteiger partial charge in [0.2, 0.25) is 0 Å². The number of carbonyl (C=O) groups is 1. The van der Waals surface area contributed by atoms with Crippen LogP contribution >= 0.6 is 11.6 Å². The lowest BCUT2D eigenvalue weighted by Gasteiger charge is -2.38. The Morgan fingerprint density at radius 2 is 2.30 bits per heavy atom. The van der Waals surface area contributed by atoms with Crippen molar-refractivity contribution in [3.05, 3.63) is 34.9 Å². The van der Waals surface area contributed by atoms with Crippen molar-refractivity contribution in [2.45, 2.75) is 31.4 Å². The monoisotopic (exact) mass is 294 g/mol. The maximum absolute atomic E-state index is 12.0. The Labute approximate surface area is 124 Å². The van der Waals surface area contributed by atoms with Gasteiger partial charge in [-0.15, -0.1) is 0 Å². The molecule has 4 nitrogen and oxygen atoms in total. The van der Waals surface area contributed by atoms with Gasteiger partial charge < -0.3 is 15.0 Å². The minimum Gasteiger partial charge on any atom is -0.375 e. The summed E-state index contributed by atoms with van der Waals surface area (Å²) in [6.07, 6.45) is 1.21. The predicted molar refractivity (Wildman–Crippen MR) is 78.1 cm³/mol. The first kappa shape index (κ1) is 13.7. The molecule has 0 spiro atoms. The molecule has 0 aromatic heterocycles. The van der Waals surface area contributed by atoms with E-state index in [2.05, 4.69) is 11.4 Å². The second-order valence-electron chi connectivity index (χ2n) is 5.44. The van der Waals surface area contributed by atoms with Crippen molar-refractivity contribution in [1.29, 1.82) is 0 Å². The van der Waals surface area contributed by atoms with Crippen molar-refractivity contribution in [3.63, 3.8) is 0 Å². The molecule has 20 heavy (non-hydrogen) atoms. The van der Waals surface area contributed by atoms with E-state index < -0.39 is 0 Å². The summed E-state index contributed by atoms with van der Waals surface area (Å²) in [4.78, 5) is 13.8. The minimum atomic E-state index is 0.0236. The lowest BCUT2D eigenvalue weighted by Crippen LogP contribution is -2.58. The summed E-state index contributed by atoms with van der Waals surface area (Å²) >= 11 is 5.99. The fourth-order valence-corrected chi connectivity index (χ4v) is 2.85. The third-order valence-corrected chi connectivity index (χ3v) is 4.15. The molecule has 0 bridgehead atoms. The molecule has 2 atom stereocenters. The smallest absolute Gasteiger partial charge is 0.317 e. The summed E-state index contributed by atoms with van der Waals surface area (Å²) in [7, 11) is 0. The summed E-state index contributed by atoms with van der Waals surface area (Å²) < 4.78 is 5.45. The van der Waals surface area contributed by atoms with Crippen molar-refractivity contribution in [3.8, 4) is 0 Å². The van der Waals surface area contributed by atoms with Crippen LogP contribution in [-0.2, 0) is 4.74 Å². The van der Waals surface area contributed by atoms with Crippen molar-refractivity contribution in [2.24, 2.45) is 0 Å². The number of hydrogen-bond donors (Lipinski definition) is 1. The van der Waals surface area contributed by atoms with E-state index in [-0.39, 0.29) is 18.2 Å². The predicted octanol–water partition coefficient (Wildman–Crippen LogP) is 2.63. The number of nitrogens with one attached hydrogen (secondary N) is 1. The first-order valence-electron chi connectivity index (χ1n) is 7.10. The van der Waals surface area contributed by atoms with Crippen LogP contribution in [0.15, 0.2) is 24.3 Å². The van der Waals surface area contributed by atoms with E-state index in [9.17, 15) is 4.79 Å². The molecule has 1 saturated carbocycles. The molecular formula is C15H19ClN2O2. The van der Waals surface area contributed by atoms with Crippen LogP contribution < -0.4 is 5.32 Å². The van der Waals surface area contributed by atoms with Gasteiger partial charge in [-0.2, -0.15) is 0 Å². The van der Waals surface area contributed by atoms with Crippen LogP contribution in [0.25, 0.3) is 0 Å². The normalized spacial score (nSPS) is 25.2. The minimum absolute atomic E-state index is 0.0236. The number of amides is 2. The topological polar surface area (TPSA) is 41.6 Å². The van der Waals surface area contributed by atoms with E-state index in [0.717, 1.165) is 11.4 Å². The van der Waals surface area contributed by atoms with Gasteiger partial charge in [0.15, 0.2) is 0 Å². The number of carbonyl (C=O) groups excluding carboxylic acids is 1. The number of likely N-dealkylation sites (tertiary alicyclic amines) is 1. The van der Waals surface area contributed by atoms with Gasteiger partial charge in [-0.05, 0) is 31.0 Å². The van der Waals surface area contributed by atoms with Gasteiger partial charge in [-0.1, -0.05) is 23.7 Å². The first-order chi connectivity index (χ1) is 9.67. The van der Waals surface area contributed by atoms with Crippen molar-refractivity contribution in [1.82, 2.24) is 10.2 Å². The molecule has 1 aliphatic carbocycles. The molecular weight excluding hydrogens is 276 g/mol. The maximum atomic E-state index is 12.0. The summed E-state index contributed by atoms with van der Waals surface area (Å²) in [6, 6.07) is 8.14. The first-order valence-corrected chi connectivity index (χ1v) is 7.47. The fourth-order valence-electron chi connectivity index (χ4n) is 2.66. The highest BCUT2D eigenvalue weighted by Crippen LogP contribution is 2.41. The summed E-state index contributed by atoms with van der Waals surface area (Å²) in [5.41, 5.74) is 1.21. The van der Waals surface area contributed by atoms with Gasteiger partial charge in [-0.3, -0.25) is 0 Å². The third-order valence-electron chi connectivity index (χ3n) is 3.91. The van der Waals surface area contributed by atoms with Crippen molar-refractivity contribution in [2.75, 3.05) is 19.7 Å². The standard InChI is InChI=1S/C15H19ClN2O2/c1-2-20-12-8-18(9-12)15(19)17-14-7-13(14)10-4-3-5-11(16)6-10/h3-6,12-14H,2,7-9H2,1H3,(H,17,19)/t13-,14+/m0/s1. The molecule has 1 aliphatic heterocycles. The van der Waals surface area contributed by atoms with E-state index in [1.807, 2.05) is 25.1 Å². The van der Waals surface area contributed by atoms with Gasteiger partial charge >= 0.3 is 6.03 Å². The lowest BCUT2D eigenvalue weighted by molar-refractivity contribution is -0.0300. The average Bonchev–Trinajstić information content (AvgIpc) is 3.12. The SMILES string of the molecule is CCOC1CN(C(=O)N[C@@H]2C[C@H]2c2cccc(Cl)c2)C1. The molecule has 1 aromatic rings. The lowest BCUT2D eigenvalue weighted by atomic mass is 10.1. The zero-order valence-corrected chi connectivity index (χ0v) is 12.3. The molecule has 2 amide bonds. The molecule has 1 heterocycles. The molecule has 5 heteroatoms. The number of rotatable bonds is 4. The Morgan fingerprint density at radius 1 is 1.50 bits per heavy atom. The second-order valence-corrected chi connectivity index (χ2v) is 5.87. The maximum Gasteiger partial charge on any atom is 0.317 e. The zero-order chi connectivity index (χ0) is 14.1. The Hall–Kier alpha value is -1.26. The number of ether oxygens (including phenoxy) is 1. The van der Waals surface area contributed by atoms with E-state index in [4.69, 9.17) is 16.3 Å². The highest BCUT2D eigenvalue weighted by molar-refractivity contribution is 6.30. The van der Waals surface area contributed by atoms with Gasteiger partial charge in [0.25, 0.3) is 0 Å². The number of halogens is 1. The molecule has 2 aliphatic rings. The van der Waals surface area contributed by atoms with Crippen LogP contribution in [0.1, 0.15) is 24.8 Å². The Kier molecular flexibility index (Phi) is 3.85. The fraction of sp³-hybridized carbons (Fsp3) is 0.533. The summed E-state index contributed by atoms with van der Waals surface area (Å²) in [5.74, 6) is 0.404. The molecule has 108 valence electrons. The highest BCUT2D eigenvalue weighted by atomic mass is 35.5. The van der Waals surface area contributed by atoms with Gasteiger partial charge in [0.1, 0.15) is 0 Å². The molecule has 0 radical (unpaired) electrons. The molecule has 0 unspecified atom stereocenters. The van der Waals surface area contributed by atoms with Crippen LogP contribution in [0.3, 0.4) is 0 Å². The molecule has 3 rings (SSSR count). The number of benzene rings is 1. The molecule has 1 saturated heterocycles. The highest BCUT2D eigenvalue weighted by Gasteiger charge is 2.41. The van der Waals surface area contributed by atoms with Gasteiger partial charge in [0, 0.05) is 23.6 Å². The van der Waals surface area contributed by atoms with Crippen molar-refractivity contribution < 1.29 is 9.53 Å². The molecule has 2 fully saturated rings. The van der Waals surface area contributed by atoms with Crippen molar-refractivity contribution >= 4 is 17.6 Å². The number of hydrogen-bond acceptors (Lipinski definition) is 2. The van der Waals surface area contributed by atoms with Crippen LogP contribution in [0, 0.1) is 0 Å². The average molecular weight is 295 g/mol. The van der Waals surface area contributed by atoms with Gasteiger partial charge in [0.05, 0.1) is 19.2 Å². The molecule has 1 N–H and O–H groups in total. The third kappa shape index (κ3) is 2.91.